The maximum atomic E-state index is 13.4. The van der Waals surface area contributed by atoms with Gasteiger partial charge in [-0.3, -0.25) is 9.59 Å². The van der Waals surface area contributed by atoms with Gasteiger partial charge in [-0.25, -0.2) is 8.78 Å². The van der Waals surface area contributed by atoms with E-state index in [2.05, 4.69) is 17.6 Å². The van der Waals surface area contributed by atoms with Crippen LogP contribution in [-0.4, -0.2) is 18.4 Å². The molecule has 0 saturated heterocycles. The summed E-state index contributed by atoms with van der Waals surface area (Å²) in [5.74, 6) is -3.13. The summed E-state index contributed by atoms with van der Waals surface area (Å²) in [4.78, 5) is 23.4. The van der Waals surface area contributed by atoms with Gasteiger partial charge >= 0.3 is 11.8 Å². The second-order valence-electron chi connectivity index (χ2n) is 5.20. The first-order valence-electron chi connectivity index (χ1n) is 7.52. The largest absolute Gasteiger partial charge is 0.348 e. The summed E-state index contributed by atoms with van der Waals surface area (Å²) in [5.41, 5.74) is -0.223. The summed E-state index contributed by atoms with van der Waals surface area (Å²) in [6.45, 7) is 4.53. The number of amides is 2. The lowest BCUT2D eigenvalue weighted by molar-refractivity contribution is -0.136. The van der Waals surface area contributed by atoms with Gasteiger partial charge in [-0.05, 0) is 24.5 Å². The zero-order chi connectivity index (χ0) is 16.5. The van der Waals surface area contributed by atoms with E-state index in [0.717, 1.165) is 37.8 Å². The minimum Gasteiger partial charge on any atom is -0.348 e. The molecule has 0 fully saturated rings. The van der Waals surface area contributed by atoms with Crippen LogP contribution in [0.1, 0.15) is 39.5 Å². The Bertz CT molecular complexity index is 521. The molecule has 0 spiro atoms. The van der Waals surface area contributed by atoms with Gasteiger partial charge < -0.3 is 10.6 Å². The molecule has 0 bridgehead atoms. The molecule has 2 N–H and O–H groups in total. The molecule has 0 unspecified atom stereocenters. The fourth-order valence-corrected chi connectivity index (χ4v) is 2.03. The molecule has 0 aliphatic heterocycles. The smallest absolute Gasteiger partial charge is 0.313 e. The second kappa shape index (κ2) is 9.12. The minimum atomic E-state index is -0.962. The summed E-state index contributed by atoms with van der Waals surface area (Å²) < 4.78 is 26.2. The van der Waals surface area contributed by atoms with Crippen LogP contribution in [0.15, 0.2) is 18.2 Å². The van der Waals surface area contributed by atoms with Gasteiger partial charge in [0.05, 0.1) is 5.69 Å². The Morgan fingerprint density at radius 1 is 1.18 bits per heavy atom. The van der Waals surface area contributed by atoms with Crippen LogP contribution in [0.5, 0.6) is 0 Å². The fraction of sp³-hybridized carbons (Fsp3) is 0.500. The van der Waals surface area contributed by atoms with E-state index < -0.39 is 23.4 Å². The second-order valence-corrected chi connectivity index (χ2v) is 5.20. The highest BCUT2D eigenvalue weighted by atomic mass is 19.1. The van der Waals surface area contributed by atoms with E-state index >= 15 is 0 Å². The standard InChI is InChI=1S/C16H22F2N2O2/c1-3-5-6-11(4-2)10-19-15(21)16(22)20-14-8-7-12(17)9-13(14)18/h7-9,11H,3-6,10H2,1-2H3,(H,19,21)(H,20,22)/t11-/m0/s1. The highest BCUT2D eigenvalue weighted by Gasteiger charge is 2.17. The molecular weight excluding hydrogens is 290 g/mol. The van der Waals surface area contributed by atoms with Crippen LogP contribution in [0.2, 0.25) is 0 Å². The van der Waals surface area contributed by atoms with Gasteiger partial charge in [0.1, 0.15) is 11.6 Å². The van der Waals surface area contributed by atoms with Gasteiger partial charge in [-0.15, -0.1) is 0 Å². The Kier molecular flexibility index (Phi) is 7.49. The van der Waals surface area contributed by atoms with Crippen LogP contribution in [-0.2, 0) is 9.59 Å². The molecule has 22 heavy (non-hydrogen) atoms. The predicted molar refractivity (Wildman–Crippen MR) is 81.3 cm³/mol. The van der Waals surface area contributed by atoms with E-state index in [1.54, 1.807) is 0 Å². The number of carbonyl (C=O) groups excluding carboxylic acids is 2. The van der Waals surface area contributed by atoms with Crippen molar-refractivity contribution in [3.8, 4) is 0 Å². The number of halogens is 2. The quantitative estimate of drug-likeness (QED) is 0.759. The zero-order valence-corrected chi connectivity index (χ0v) is 12.9. The van der Waals surface area contributed by atoms with E-state index in [1.165, 1.54) is 0 Å². The molecule has 6 heteroatoms. The lowest BCUT2D eigenvalue weighted by Crippen LogP contribution is -2.38. The van der Waals surface area contributed by atoms with Crippen LogP contribution in [0.4, 0.5) is 14.5 Å². The molecular formula is C16H22F2N2O2. The van der Waals surface area contributed by atoms with Gasteiger partial charge in [0.25, 0.3) is 0 Å². The normalized spacial score (nSPS) is 11.8. The molecule has 0 heterocycles. The number of unbranched alkanes of at least 4 members (excludes halogenated alkanes) is 1. The van der Waals surface area contributed by atoms with Gasteiger partial charge in [0, 0.05) is 12.6 Å². The highest BCUT2D eigenvalue weighted by Crippen LogP contribution is 2.15. The molecule has 4 nitrogen and oxygen atoms in total. The van der Waals surface area contributed by atoms with Gasteiger partial charge in [-0.1, -0.05) is 33.1 Å². The molecule has 1 aromatic carbocycles. The molecule has 0 aliphatic rings. The van der Waals surface area contributed by atoms with E-state index in [1.807, 2.05) is 6.92 Å². The van der Waals surface area contributed by atoms with E-state index in [-0.39, 0.29) is 5.69 Å². The van der Waals surface area contributed by atoms with Gasteiger partial charge in [-0.2, -0.15) is 0 Å². The number of benzene rings is 1. The van der Waals surface area contributed by atoms with Crippen molar-refractivity contribution >= 4 is 17.5 Å². The summed E-state index contributed by atoms with van der Waals surface area (Å²) in [6, 6.07) is 2.73. The molecule has 0 saturated carbocycles. The summed E-state index contributed by atoms with van der Waals surface area (Å²) >= 11 is 0. The number of anilines is 1. The molecule has 1 atom stereocenters. The van der Waals surface area contributed by atoms with Crippen molar-refractivity contribution in [3.05, 3.63) is 29.8 Å². The Labute approximate surface area is 129 Å². The van der Waals surface area contributed by atoms with Crippen molar-refractivity contribution in [2.45, 2.75) is 39.5 Å². The molecule has 0 radical (unpaired) electrons. The number of nitrogens with one attached hydrogen (secondary N) is 2. The monoisotopic (exact) mass is 312 g/mol. The first-order valence-corrected chi connectivity index (χ1v) is 7.52. The SMILES string of the molecule is CCCC[C@H](CC)CNC(=O)C(=O)Nc1ccc(F)cc1F. The third-order valence-electron chi connectivity index (χ3n) is 3.48. The minimum absolute atomic E-state index is 0.223. The first kappa shape index (κ1) is 18.1. The lowest BCUT2D eigenvalue weighted by Gasteiger charge is -2.15. The fourth-order valence-electron chi connectivity index (χ4n) is 2.03. The third kappa shape index (κ3) is 5.79. The topological polar surface area (TPSA) is 58.2 Å². The van der Waals surface area contributed by atoms with Crippen molar-refractivity contribution in [3.63, 3.8) is 0 Å². The summed E-state index contributed by atoms with van der Waals surface area (Å²) in [6.07, 6.45) is 4.05. The number of rotatable bonds is 7. The maximum absolute atomic E-state index is 13.4. The molecule has 122 valence electrons. The average molecular weight is 312 g/mol. The van der Waals surface area contributed by atoms with Gasteiger partial charge in [0.2, 0.25) is 0 Å². The predicted octanol–water partition coefficient (Wildman–Crippen LogP) is 3.24. The zero-order valence-electron chi connectivity index (χ0n) is 12.9. The van der Waals surface area contributed by atoms with Crippen molar-refractivity contribution in [2.75, 3.05) is 11.9 Å². The van der Waals surface area contributed by atoms with Crippen molar-refractivity contribution in [1.82, 2.24) is 5.32 Å². The van der Waals surface area contributed by atoms with E-state index in [0.29, 0.717) is 18.5 Å². The summed E-state index contributed by atoms with van der Waals surface area (Å²) in [7, 11) is 0. The molecule has 1 aromatic rings. The van der Waals surface area contributed by atoms with Crippen LogP contribution >= 0.6 is 0 Å². The van der Waals surface area contributed by atoms with Crippen molar-refractivity contribution in [2.24, 2.45) is 5.92 Å². The molecule has 1 rings (SSSR count). The van der Waals surface area contributed by atoms with Crippen LogP contribution in [0.25, 0.3) is 0 Å². The molecule has 2 amide bonds. The first-order chi connectivity index (χ1) is 10.5. The number of hydrogen-bond acceptors (Lipinski definition) is 2. The Hall–Kier alpha value is -1.98. The average Bonchev–Trinajstić information content (AvgIpc) is 2.49. The van der Waals surface area contributed by atoms with Crippen LogP contribution < -0.4 is 10.6 Å². The highest BCUT2D eigenvalue weighted by molar-refractivity contribution is 6.39. The van der Waals surface area contributed by atoms with Crippen molar-refractivity contribution < 1.29 is 18.4 Å². The summed E-state index contributed by atoms with van der Waals surface area (Å²) in [5, 5.41) is 4.68. The molecule has 0 aromatic heterocycles. The number of carbonyl (C=O) groups is 2. The van der Waals surface area contributed by atoms with Crippen LogP contribution in [0, 0.1) is 17.6 Å². The lowest BCUT2D eigenvalue weighted by atomic mass is 9.99. The van der Waals surface area contributed by atoms with Crippen molar-refractivity contribution in [1.29, 1.82) is 0 Å². The third-order valence-corrected chi connectivity index (χ3v) is 3.48. The molecule has 0 aliphatic carbocycles. The van der Waals surface area contributed by atoms with E-state index in [4.69, 9.17) is 0 Å². The van der Waals surface area contributed by atoms with E-state index in [9.17, 15) is 18.4 Å². The van der Waals surface area contributed by atoms with Crippen LogP contribution in [0.3, 0.4) is 0 Å². The van der Waals surface area contributed by atoms with Gasteiger partial charge in [0.15, 0.2) is 0 Å². The maximum Gasteiger partial charge on any atom is 0.313 e. The Morgan fingerprint density at radius 3 is 2.50 bits per heavy atom. The number of hydrogen-bond donors (Lipinski definition) is 2. The Morgan fingerprint density at radius 2 is 1.91 bits per heavy atom. The Balaban J connectivity index is 2.49.